The van der Waals surface area contributed by atoms with Crippen LogP contribution in [0.15, 0.2) is 29.6 Å². The molecule has 1 unspecified atom stereocenters. The Labute approximate surface area is 117 Å². The first-order valence-electron chi connectivity index (χ1n) is 6.56. The van der Waals surface area contributed by atoms with E-state index in [4.69, 9.17) is 0 Å². The maximum absolute atomic E-state index is 13.4. The van der Waals surface area contributed by atoms with Gasteiger partial charge >= 0.3 is 0 Å². The van der Waals surface area contributed by atoms with Gasteiger partial charge in [-0.25, -0.2) is 9.37 Å². The molecule has 4 heteroatoms. The van der Waals surface area contributed by atoms with Gasteiger partial charge in [-0.1, -0.05) is 19.1 Å². The topological polar surface area (TPSA) is 24.9 Å². The van der Waals surface area contributed by atoms with Gasteiger partial charge in [-0.3, -0.25) is 0 Å². The van der Waals surface area contributed by atoms with E-state index >= 15 is 0 Å². The number of aromatic nitrogens is 1. The van der Waals surface area contributed by atoms with Gasteiger partial charge < -0.3 is 5.32 Å². The van der Waals surface area contributed by atoms with Gasteiger partial charge in [-0.05, 0) is 37.6 Å². The molecule has 1 atom stereocenters. The fourth-order valence-corrected chi connectivity index (χ4v) is 2.77. The van der Waals surface area contributed by atoms with E-state index in [1.165, 1.54) is 6.07 Å². The highest BCUT2D eigenvalue weighted by Gasteiger charge is 2.14. The summed E-state index contributed by atoms with van der Waals surface area (Å²) < 4.78 is 13.4. The second kappa shape index (κ2) is 6.78. The second-order valence-corrected chi connectivity index (χ2v) is 5.68. The lowest BCUT2D eigenvalue weighted by molar-refractivity contribution is 0.579. The molecule has 0 aliphatic heterocycles. The van der Waals surface area contributed by atoms with Crippen molar-refractivity contribution in [2.45, 2.75) is 26.2 Å². The van der Waals surface area contributed by atoms with Gasteiger partial charge in [0.25, 0.3) is 0 Å². The highest BCUT2D eigenvalue weighted by Crippen LogP contribution is 2.22. The standard InChI is InChI=1S/C15H19FN2S/c1-3-17-9-13(8-15-10-19-11(2)18-15)12-5-4-6-14(16)7-12/h4-7,10,13,17H,3,8-9H2,1-2H3. The number of rotatable bonds is 6. The van der Waals surface area contributed by atoms with Crippen LogP contribution in [0.3, 0.4) is 0 Å². The lowest BCUT2D eigenvalue weighted by Crippen LogP contribution is -2.22. The van der Waals surface area contributed by atoms with Crippen molar-refractivity contribution >= 4 is 11.3 Å². The molecular weight excluding hydrogens is 259 g/mol. The zero-order chi connectivity index (χ0) is 13.7. The molecule has 0 amide bonds. The van der Waals surface area contributed by atoms with Gasteiger partial charge in [0.1, 0.15) is 5.82 Å². The highest BCUT2D eigenvalue weighted by atomic mass is 32.1. The summed E-state index contributed by atoms with van der Waals surface area (Å²) in [6, 6.07) is 6.88. The van der Waals surface area contributed by atoms with Gasteiger partial charge in [-0.2, -0.15) is 0 Å². The summed E-state index contributed by atoms with van der Waals surface area (Å²) in [4.78, 5) is 4.50. The molecule has 19 heavy (non-hydrogen) atoms. The zero-order valence-corrected chi connectivity index (χ0v) is 12.1. The van der Waals surface area contributed by atoms with Crippen LogP contribution in [-0.2, 0) is 6.42 Å². The molecule has 0 radical (unpaired) electrons. The summed E-state index contributed by atoms with van der Waals surface area (Å²) in [6.45, 7) is 5.85. The number of halogens is 1. The zero-order valence-electron chi connectivity index (χ0n) is 11.3. The Hall–Kier alpha value is -1.26. The van der Waals surface area contributed by atoms with E-state index in [1.807, 2.05) is 13.0 Å². The van der Waals surface area contributed by atoms with Gasteiger partial charge in [0.15, 0.2) is 0 Å². The Kier molecular flexibility index (Phi) is 5.05. The van der Waals surface area contributed by atoms with Crippen LogP contribution in [0.4, 0.5) is 4.39 Å². The number of hydrogen-bond donors (Lipinski definition) is 1. The fraction of sp³-hybridized carbons (Fsp3) is 0.400. The minimum Gasteiger partial charge on any atom is -0.316 e. The quantitative estimate of drug-likeness (QED) is 0.874. The van der Waals surface area contributed by atoms with Crippen molar-refractivity contribution in [1.82, 2.24) is 10.3 Å². The van der Waals surface area contributed by atoms with Gasteiger partial charge in [-0.15, -0.1) is 11.3 Å². The largest absolute Gasteiger partial charge is 0.316 e. The Bertz CT molecular complexity index is 524. The summed E-state index contributed by atoms with van der Waals surface area (Å²) in [7, 11) is 0. The van der Waals surface area contributed by atoms with E-state index in [-0.39, 0.29) is 11.7 Å². The summed E-state index contributed by atoms with van der Waals surface area (Å²) >= 11 is 1.66. The van der Waals surface area contributed by atoms with E-state index in [0.717, 1.165) is 35.8 Å². The van der Waals surface area contributed by atoms with E-state index in [9.17, 15) is 4.39 Å². The first-order chi connectivity index (χ1) is 9.19. The minimum absolute atomic E-state index is 0.173. The van der Waals surface area contributed by atoms with Crippen LogP contribution in [0.2, 0.25) is 0 Å². The first kappa shape index (κ1) is 14.2. The van der Waals surface area contributed by atoms with Crippen molar-refractivity contribution in [2.24, 2.45) is 0 Å². The van der Waals surface area contributed by atoms with Crippen LogP contribution in [0, 0.1) is 12.7 Å². The Morgan fingerprint density at radius 2 is 2.26 bits per heavy atom. The monoisotopic (exact) mass is 278 g/mol. The molecule has 1 heterocycles. The highest BCUT2D eigenvalue weighted by molar-refractivity contribution is 7.09. The molecule has 1 aromatic heterocycles. The number of nitrogens with one attached hydrogen (secondary N) is 1. The van der Waals surface area contributed by atoms with E-state index in [1.54, 1.807) is 23.5 Å². The lowest BCUT2D eigenvalue weighted by Gasteiger charge is -2.17. The van der Waals surface area contributed by atoms with Crippen molar-refractivity contribution in [1.29, 1.82) is 0 Å². The fourth-order valence-electron chi connectivity index (χ4n) is 2.14. The number of benzene rings is 1. The number of aryl methyl sites for hydroxylation is 1. The maximum atomic E-state index is 13.4. The predicted octanol–water partition coefficient (Wildman–Crippen LogP) is 3.53. The Morgan fingerprint density at radius 1 is 1.42 bits per heavy atom. The average Bonchev–Trinajstić information content (AvgIpc) is 2.80. The SMILES string of the molecule is CCNCC(Cc1csc(C)n1)c1cccc(F)c1. The third-order valence-electron chi connectivity index (χ3n) is 3.08. The minimum atomic E-state index is -0.173. The van der Waals surface area contributed by atoms with Crippen molar-refractivity contribution in [2.75, 3.05) is 13.1 Å². The molecule has 2 rings (SSSR count). The normalized spacial score (nSPS) is 12.6. The molecule has 0 spiro atoms. The molecule has 0 aliphatic rings. The number of nitrogens with zero attached hydrogens (tertiary/aromatic N) is 1. The van der Waals surface area contributed by atoms with Crippen molar-refractivity contribution in [3.63, 3.8) is 0 Å². The van der Waals surface area contributed by atoms with E-state index < -0.39 is 0 Å². The second-order valence-electron chi connectivity index (χ2n) is 4.62. The van der Waals surface area contributed by atoms with Crippen LogP contribution in [0.5, 0.6) is 0 Å². The van der Waals surface area contributed by atoms with Gasteiger partial charge in [0.2, 0.25) is 0 Å². The van der Waals surface area contributed by atoms with Crippen molar-refractivity contribution < 1.29 is 4.39 Å². The molecule has 102 valence electrons. The lowest BCUT2D eigenvalue weighted by atomic mass is 9.94. The van der Waals surface area contributed by atoms with Crippen LogP contribution in [-0.4, -0.2) is 18.1 Å². The summed E-state index contributed by atoms with van der Waals surface area (Å²) in [5.41, 5.74) is 2.13. The number of likely N-dealkylation sites (N-methyl/N-ethyl adjacent to an activating group) is 1. The Morgan fingerprint density at radius 3 is 2.89 bits per heavy atom. The summed E-state index contributed by atoms with van der Waals surface area (Å²) in [6.07, 6.45) is 0.848. The molecule has 1 aromatic carbocycles. The van der Waals surface area contributed by atoms with Crippen LogP contribution in [0.25, 0.3) is 0 Å². The van der Waals surface area contributed by atoms with Crippen LogP contribution in [0.1, 0.15) is 29.1 Å². The first-order valence-corrected chi connectivity index (χ1v) is 7.44. The molecule has 2 nitrogen and oxygen atoms in total. The molecular formula is C15H19FN2S. The third-order valence-corrected chi connectivity index (χ3v) is 3.91. The number of thiazole rings is 1. The Balaban J connectivity index is 2.15. The third kappa shape index (κ3) is 4.11. The van der Waals surface area contributed by atoms with Gasteiger partial charge in [0.05, 0.1) is 10.7 Å². The molecule has 0 saturated carbocycles. The maximum Gasteiger partial charge on any atom is 0.123 e. The summed E-state index contributed by atoms with van der Waals surface area (Å²) in [5.74, 6) is 0.0885. The number of hydrogen-bond acceptors (Lipinski definition) is 3. The molecule has 2 aromatic rings. The molecule has 0 bridgehead atoms. The molecule has 1 N–H and O–H groups in total. The van der Waals surface area contributed by atoms with E-state index in [2.05, 4.69) is 22.6 Å². The van der Waals surface area contributed by atoms with Crippen LogP contribution < -0.4 is 5.32 Å². The summed E-state index contributed by atoms with van der Waals surface area (Å²) in [5, 5.41) is 6.52. The molecule has 0 aliphatic carbocycles. The predicted molar refractivity (Wildman–Crippen MR) is 78.2 cm³/mol. The average molecular weight is 278 g/mol. The van der Waals surface area contributed by atoms with Crippen molar-refractivity contribution in [3.05, 3.63) is 51.7 Å². The molecule has 0 saturated heterocycles. The van der Waals surface area contributed by atoms with Crippen molar-refractivity contribution in [3.8, 4) is 0 Å². The molecule has 0 fully saturated rings. The van der Waals surface area contributed by atoms with Gasteiger partial charge in [0, 0.05) is 17.8 Å². The van der Waals surface area contributed by atoms with E-state index in [0.29, 0.717) is 0 Å². The van der Waals surface area contributed by atoms with Crippen LogP contribution >= 0.6 is 11.3 Å². The smallest absolute Gasteiger partial charge is 0.123 e.